The quantitative estimate of drug-likeness (QED) is 0.566. The van der Waals surface area contributed by atoms with Crippen LogP contribution in [0.25, 0.3) is 0 Å². The lowest BCUT2D eigenvalue weighted by molar-refractivity contribution is 0.0261. The van der Waals surface area contributed by atoms with Crippen molar-refractivity contribution in [1.82, 2.24) is 9.55 Å². The summed E-state index contributed by atoms with van der Waals surface area (Å²) in [5, 5.41) is 0.179. The van der Waals surface area contributed by atoms with E-state index in [0.717, 1.165) is 0 Å². The van der Waals surface area contributed by atoms with Gasteiger partial charge in [-0.25, -0.2) is 4.79 Å². The van der Waals surface area contributed by atoms with Gasteiger partial charge in [-0.3, -0.25) is 14.3 Å². The lowest BCUT2D eigenvalue weighted by atomic mass is 9.79. The molecule has 0 aromatic carbocycles. The molecule has 0 amide bonds. The summed E-state index contributed by atoms with van der Waals surface area (Å²) in [7, 11) is -3.99. The predicted molar refractivity (Wildman–Crippen MR) is 134 cm³/mol. The average molecular weight is 485 g/mol. The van der Waals surface area contributed by atoms with Crippen LogP contribution in [-0.4, -0.2) is 46.0 Å². The number of rotatable bonds is 7. The fourth-order valence-electron chi connectivity index (χ4n) is 3.25. The topological polar surface area (TPSA) is 82.6 Å². The van der Waals surface area contributed by atoms with Crippen LogP contribution in [0.2, 0.25) is 36.3 Å². The zero-order valence-corrected chi connectivity index (χ0v) is 23.9. The predicted octanol–water partition coefficient (Wildman–Crippen LogP) is 4.73. The second-order valence-electron chi connectivity index (χ2n) is 12.5. The third-order valence-corrected chi connectivity index (χ3v) is 17.1. The number of H-pyrrole nitrogens is 1. The van der Waals surface area contributed by atoms with E-state index in [1.807, 2.05) is 0 Å². The van der Waals surface area contributed by atoms with Gasteiger partial charge >= 0.3 is 5.69 Å². The Morgan fingerprint density at radius 1 is 1.03 bits per heavy atom. The lowest BCUT2D eigenvalue weighted by Crippen LogP contribution is -2.50. The molecule has 1 aliphatic rings. The van der Waals surface area contributed by atoms with Crippen molar-refractivity contribution in [3.8, 4) is 0 Å². The number of ether oxygens (including phenoxy) is 1. The Morgan fingerprint density at radius 3 is 1.91 bits per heavy atom. The molecule has 32 heavy (non-hydrogen) atoms. The molecular weight excluding hydrogens is 440 g/mol. The molecule has 0 spiro atoms. The Kier molecular flexibility index (Phi) is 7.64. The van der Waals surface area contributed by atoms with Crippen LogP contribution in [0.4, 0.5) is 0 Å². The molecule has 1 N–H and O–H groups in total. The van der Waals surface area contributed by atoms with Gasteiger partial charge in [0.2, 0.25) is 0 Å². The maximum atomic E-state index is 12.5. The number of hydrogen-bond acceptors (Lipinski definition) is 5. The molecule has 0 aliphatic carbocycles. The van der Waals surface area contributed by atoms with Crippen molar-refractivity contribution >= 4 is 16.6 Å². The van der Waals surface area contributed by atoms with Crippen LogP contribution < -0.4 is 11.2 Å². The Balaban J connectivity index is 2.38. The van der Waals surface area contributed by atoms with Gasteiger partial charge in [-0.05, 0) is 36.3 Å². The van der Waals surface area contributed by atoms with Gasteiger partial charge in [0.25, 0.3) is 5.56 Å². The van der Waals surface area contributed by atoms with Gasteiger partial charge in [0, 0.05) is 36.8 Å². The van der Waals surface area contributed by atoms with E-state index < -0.39 is 34.1 Å². The molecule has 1 aliphatic heterocycles. The van der Waals surface area contributed by atoms with E-state index in [9.17, 15) is 9.59 Å². The van der Waals surface area contributed by atoms with Crippen LogP contribution >= 0.6 is 0 Å². The second kappa shape index (κ2) is 8.98. The van der Waals surface area contributed by atoms with Crippen molar-refractivity contribution in [2.75, 3.05) is 19.8 Å². The van der Waals surface area contributed by atoms with Gasteiger partial charge < -0.3 is 13.6 Å². The molecule has 1 saturated heterocycles. The van der Waals surface area contributed by atoms with Gasteiger partial charge in [0.05, 0.1) is 6.61 Å². The summed E-state index contributed by atoms with van der Waals surface area (Å²) in [6.07, 6.45) is 1.03. The third kappa shape index (κ3) is 5.55. The Bertz CT molecular complexity index is 878. The standard InChI is InChI=1S/C23H44N2O5Si2/c1-17-19(25-13-12-18(26)24-20(25)27)28-14-23(17,15-29-31(8,9)21(2,3)4)16-30-32(10,11)22(5,6)7/h12-13,17,19H,14-16H2,1-11H3,(H,24,26,27)/t17-,19+/m1/s1. The van der Waals surface area contributed by atoms with Crippen LogP contribution in [0.3, 0.4) is 0 Å². The highest BCUT2D eigenvalue weighted by molar-refractivity contribution is 6.74. The molecule has 9 heteroatoms. The fourth-order valence-corrected chi connectivity index (χ4v) is 5.41. The molecule has 2 heterocycles. The van der Waals surface area contributed by atoms with Crippen molar-refractivity contribution < 1.29 is 13.6 Å². The maximum absolute atomic E-state index is 12.5. The van der Waals surface area contributed by atoms with Crippen molar-refractivity contribution in [1.29, 1.82) is 0 Å². The monoisotopic (exact) mass is 484 g/mol. The Labute approximate surface area is 195 Å². The van der Waals surface area contributed by atoms with Gasteiger partial charge in [0.1, 0.15) is 6.23 Å². The normalized spacial score (nSPS) is 22.3. The van der Waals surface area contributed by atoms with E-state index in [1.54, 1.807) is 0 Å². The molecule has 1 aromatic heterocycles. The van der Waals surface area contributed by atoms with Crippen LogP contribution in [0.5, 0.6) is 0 Å². The Hall–Kier alpha value is -1.01. The van der Waals surface area contributed by atoms with Gasteiger partial charge in [-0.1, -0.05) is 48.5 Å². The van der Waals surface area contributed by atoms with Crippen molar-refractivity contribution in [2.45, 2.75) is 91.0 Å². The summed E-state index contributed by atoms with van der Waals surface area (Å²) in [6.45, 7) is 26.0. The molecule has 1 fully saturated rings. The molecule has 7 nitrogen and oxygen atoms in total. The molecule has 2 atom stereocenters. The molecule has 0 radical (unpaired) electrons. The second-order valence-corrected chi connectivity index (χ2v) is 22.1. The minimum Gasteiger partial charge on any atom is -0.416 e. The molecular formula is C23H44N2O5Si2. The highest BCUT2D eigenvalue weighted by Crippen LogP contribution is 2.47. The van der Waals surface area contributed by atoms with Crippen molar-refractivity contribution in [3.05, 3.63) is 33.1 Å². The molecule has 0 bridgehead atoms. The number of nitrogens with zero attached hydrogens (tertiary/aromatic N) is 1. The summed E-state index contributed by atoms with van der Waals surface area (Å²) in [5.74, 6) is -0.0411. The lowest BCUT2D eigenvalue weighted by Gasteiger charge is -2.43. The van der Waals surface area contributed by atoms with Crippen molar-refractivity contribution in [2.24, 2.45) is 11.3 Å². The largest absolute Gasteiger partial charge is 0.416 e. The first-order valence-corrected chi connectivity index (χ1v) is 17.4. The highest BCUT2D eigenvalue weighted by atomic mass is 28.4. The first-order valence-electron chi connectivity index (χ1n) is 11.5. The Morgan fingerprint density at radius 2 is 1.50 bits per heavy atom. The minimum absolute atomic E-state index is 0.0411. The van der Waals surface area contributed by atoms with Gasteiger partial charge in [0.15, 0.2) is 16.6 Å². The number of aromatic amines is 1. The SMILES string of the molecule is C[C@@H]1[C@@H](n2ccc(=O)[nH]c2=O)OCC1(CO[Si](C)(C)C(C)(C)C)CO[Si](C)(C)C(C)(C)C. The first-order chi connectivity index (χ1) is 14.3. The van der Waals surface area contributed by atoms with E-state index in [2.05, 4.69) is 79.6 Å². The minimum atomic E-state index is -2.00. The summed E-state index contributed by atoms with van der Waals surface area (Å²) in [5.41, 5.74) is -1.25. The molecule has 184 valence electrons. The summed E-state index contributed by atoms with van der Waals surface area (Å²) in [4.78, 5) is 26.3. The maximum Gasteiger partial charge on any atom is 0.330 e. The van der Waals surface area contributed by atoms with E-state index in [4.69, 9.17) is 13.6 Å². The molecule has 0 unspecified atom stereocenters. The fraction of sp³-hybridized carbons (Fsp3) is 0.826. The van der Waals surface area contributed by atoms with E-state index in [1.165, 1.54) is 16.8 Å². The molecule has 1 aromatic rings. The van der Waals surface area contributed by atoms with Gasteiger partial charge in [-0.15, -0.1) is 0 Å². The highest BCUT2D eigenvalue weighted by Gasteiger charge is 2.52. The van der Waals surface area contributed by atoms with E-state index in [0.29, 0.717) is 19.8 Å². The summed E-state index contributed by atoms with van der Waals surface area (Å²) in [6, 6.07) is 1.36. The number of nitrogens with one attached hydrogen (secondary N) is 1. The molecule has 2 rings (SSSR count). The van der Waals surface area contributed by atoms with Crippen LogP contribution in [0, 0.1) is 11.3 Å². The van der Waals surface area contributed by atoms with E-state index >= 15 is 0 Å². The van der Waals surface area contributed by atoms with Crippen molar-refractivity contribution in [3.63, 3.8) is 0 Å². The average Bonchev–Trinajstić information content (AvgIpc) is 2.94. The molecule has 0 saturated carbocycles. The van der Waals surface area contributed by atoms with Gasteiger partial charge in [-0.2, -0.15) is 0 Å². The van der Waals surface area contributed by atoms with Crippen LogP contribution in [0.15, 0.2) is 21.9 Å². The third-order valence-electron chi connectivity index (χ3n) is 8.11. The van der Waals surface area contributed by atoms with Crippen LogP contribution in [0.1, 0.15) is 54.7 Å². The first kappa shape index (κ1) is 27.2. The summed E-state index contributed by atoms with van der Waals surface area (Å²) >= 11 is 0. The number of aromatic nitrogens is 2. The van der Waals surface area contributed by atoms with E-state index in [-0.39, 0.29) is 21.4 Å². The number of hydrogen-bond donors (Lipinski definition) is 1. The zero-order valence-electron chi connectivity index (χ0n) is 21.9. The van der Waals surface area contributed by atoms with Crippen LogP contribution in [-0.2, 0) is 13.6 Å². The summed E-state index contributed by atoms with van der Waals surface area (Å²) < 4.78 is 21.1. The zero-order chi connectivity index (χ0) is 24.8. The smallest absolute Gasteiger partial charge is 0.330 e.